The summed E-state index contributed by atoms with van der Waals surface area (Å²) < 4.78 is 0.696. The first-order valence-electron chi connectivity index (χ1n) is 6.43. The molecule has 0 aromatic carbocycles. The number of aryl methyl sites for hydroxylation is 1. The van der Waals surface area contributed by atoms with Crippen LogP contribution < -0.4 is 0 Å². The molecule has 1 amide bonds. The average Bonchev–Trinajstić information content (AvgIpc) is 2.89. The summed E-state index contributed by atoms with van der Waals surface area (Å²) >= 11 is 8.38. The third-order valence-electron chi connectivity index (χ3n) is 3.02. The summed E-state index contributed by atoms with van der Waals surface area (Å²) in [5, 5.41) is 2.04. The smallest absolute Gasteiger partial charge is 0.266 e. The van der Waals surface area contributed by atoms with Crippen molar-refractivity contribution in [3.05, 3.63) is 26.8 Å². The van der Waals surface area contributed by atoms with E-state index in [2.05, 4.69) is 19.9 Å². The molecular weight excluding hydrogens is 294 g/mol. The lowest BCUT2D eigenvalue weighted by Gasteiger charge is -2.13. The second-order valence-electron chi connectivity index (χ2n) is 4.51. The van der Waals surface area contributed by atoms with Crippen LogP contribution in [0, 0.1) is 6.92 Å². The number of thiocarbonyl (C=S) groups is 1. The number of thiophene rings is 1. The molecule has 0 radical (unpaired) electrons. The monoisotopic (exact) mass is 311 g/mol. The number of amides is 1. The first kappa shape index (κ1) is 14.8. The van der Waals surface area contributed by atoms with Crippen LogP contribution >= 0.6 is 35.3 Å². The van der Waals surface area contributed by atoms with Gasteiger partial charge in [-0.2, -0.15) is 0 Å². The molecule has 1 fully saturated rings. The number of thioether (sulfide) groups is 1. The van der Waals surface area contributed by atoms with E-state index in [0.717, 1.165) is 35.6 Å². The molecule has 102 valence electrons. The number of hydrogen-bond donors (Lipinski definition) is 0. The Morgan fingerprint density at radius 3 is 2.84 bits per heavy atom. The zero-order chi connectivity index (χ0) is 13.8. The molecule has 1 aliphatic rings. The van der Waals surface area contributed by atoms with Gasteiger partial charge in [0.1, 0.15) is 4.32 Å². The van der Waals surface area contributed by atoms with Gasteiger partial charge in [-0.1, -0.05) is 43.7 Å². The van der Waals surface area contributed by atoms with Crippen LogP contribution in [0.1, 0.15) is 36.6 Å². The van der Waals surface area contributed by atoms with Crippen molar-refractivity contribution >= 4 is 51.6 Å². The van der Waals surface area contributed by atoms with Gasteiger partial charge in [0.2, 0.25) is 0 Å². The SMILES string of the molecule is CCCCCN1C(=O)/C(=C/c2sccc2C)SC1=S. The van der Waals surface area contributed by atoms with Crippen LogP contribution in [0.3, 0.4) is 0 Å². The van der Waals surface area contributed by atoms with Crippen LogP contribution in [0.4, 0.5) is 0 Å². The lowest BCUT2D eigenvalue weighted by Crippen LogP contribution is -2.28. The Kier molecular flexibility index (Phi) is 5.19. The number of hydrogen-bond acceptors (Lipinski definition) is 4. The predicted octanol–water partition coefficient (Wildman–Crippen LogP) is 4.45. The van der Waals surface area contributed by atoms with Crippen molar-refractivity contribution in [2.24, 2.45) is 0 Å². The first-order chi connectivity index (χ1) is 9.13. The molecule has 0 saturated carbocycles. The second-order valence-corrected chi connectivity index (χ2v) is 7.13. The summed E-state index contributed by atoms with van der Waals surface area (Å²) in [7, 11) is 0. The number of carbonyl (C=O) groups is 1. The van der Waals surface area contributed by atoms with Gasteiger partial charge in [0.05, 0.1) is 4.91 Å². The minimum atomic E-state index is 0.0684. The fourth-order valence-corrected chi connectivity index (χ4v) is 4.09. The fourth-order valence-electron chi connectivity index (χ4n) is 1.86. The quantitative estimate of drug-likeness (QED) is 0.455. The van der Waals surface area contributed by atoms with Crippen LogP contribution in [0.5, 0.6) is 0 Å². The summed E-state index contributed by atoms with van der Waals surface area (Å²) in [5.74, 6) is 0.0684. The molecule has 1 aliphatic heterocycles. The molecule has 0 aliphatic carbocycles. The van der Waals surface area contributed by atoms with Crippen molar-refractivity contribution < 1.29 is 4.79 Å². The lowest BCUT2D eigenvalue weighted by atomic mass is 10.2. The fraction of sp³-hybridized carbons (Fsp3) is 0.429. The highest BCUT2D eigenvalue weighted by Gasteiger charge is 2.31. The van der Waals surface area contributed by atoms with Crippen molar-refractivity contribution in [1.29, 1.82) is 0 Å². The Labute approximate surface area is 127 Å². The molecule has 0 bridgehead atoms. The molecule has 1 saturated heterocycles. The molecule has 19 heavy (non-hydrogen) atoms. The molecule has 0 N–H and O–H groups in total. The molecule has 0 atom stereocenters. The lowest BCUT2D eigenvalue weighted by molar-refractivity contribution is -0.122. The summed E-state index contributed by atoms with van der Waals surface area (Å²) in [6, 6.07) is 2.07. The molecule has 2 heterocycles. The Bertz CT molecular complexity index is 519. The number of rotatable bonds is 5. The van der Waals surface area contributed by atoms with Crippen LogP contribution in [0.25, 0.3) is 6.08 Å². The van der Waals surface area contributed by atoms with E-state index in [4.69, 9.17) is 12.2 Å². The molecular formula is C14H17NOS3. The van der Waals surface area contributed by atoms with Gasteiger partial charge >= 0.3 is 0 Å². The highest BCUT2D eigenvalue weighted by molar-refractivity contribution is 8.26. The van der Waals surface area contributed by atoms with Crippen LogP contribution in [0.15, 0.2) is 16.4 Å². The van der Waals surface area contributed by atoms with Gasteiger partial charge in [-0.25, -0.2) is 0 Å². The zero-order valence-electron chi connectivity index (χ0n) is 11.1. The van der Waals surface area contributed by atoms with Crippen molar-refractivity contribution in [2.75, 3.05) is 6.54 Å². The van der Waals surface area contributed by atoms with Gasteiger partial charge in [-0.05, 0) is 36.4 Å². The van der Waals surface area contributed by atoms with Crippen LogP contribution in [-0.2, 0) is 4.79 Å². The van der Waals surface area contributed by atoms with Crippen molar-refractivity contribution in [2.45, 2.75) is 33.1 Å². The summed E-state index contributed by atoms with van der Waals surface area (Å²) in [6.07, 6.45) is 5.28. The van der Waals surface area contributed by atoms with Crippen molar-refractivity contribution in [3.8, 4) is 0 Å². The van der Waals surface area contributed by atoms with E-state index in [9.17, 15) is 4.79 Å². The van der Waals surface area contributed by atoms with E-state index in [1.807, 2.05) is 11.5 Å². The maximum atomic E-state index is 12.3. The van der Waals surface area contributed by atoms with Crippen LogP contribution in [-0.4, -0.2) is 21.7 Å². The molecule has 2 nitrogen and oxygen atoms in total. The second kappa shape index (κ2) is 6.68. The summed E-state index contributed by atoms with van der Waals surface area (Å²) in [5.41, 5.74) is 1.21. The number of nitrogens with zero attached hydrogens (tertiary/aromatic N) is 1. The first-order valence-corrected chi connectivity index (χ1v) is 8.53. The Morgan fingerprint density at radius 2 is 2.21 bits per heavy atom. The Balaban J connectivity index is 2.09. The van der Waals surface area contributed by atoms with Gasteiger partial charge in [-0.3, -0.25) is 9.69 Å². The topological polar surface area (TPSA) is 20.3 Å². The van der Waals surface area contributed by atoms with Gasteiger partial charge in [0.25, 0.3) is 5.91 Å². The predicted molar refractivity (Wildman–Crippen MR) is 88.5 cm³/mol. The van der Waals surface area contributed by atoms with E-state index in [1.54, 1.807) is 16.2 Å². The van der Waals surface area contributed by atoms with Gasteiger partial charge in [-0.15, -0.1) is 11.3 Å². The minimum Gasteiger partial charge on any atom is -0.293 e. The number of unbranched alkanes of at least 4 members (excludes halogenated alkanes) is 2. The van der Waals surface area contributed by atoms with Gasteiger partial charge in [0, 0.05) is 11.4 Å². The van der Waals surface area contributed by atoms with E-state index in [-0.39, 0.29) is 5.91 Å². The van der Waals surface area contributed by atoms with E-state index in [0.29, 0.717) is 4.32 Å². The number of carbonyl (C=O) groups excluding carboxylic acids is 1. The van der Waals surface area contributed by atoms with Crippen molar-refractivity contribution in [3.63, 3.8) is 0 Å². The maximum absolute atomic E-state index is 12.3. The molecule has 0 unspecified atom stereocenters. The third-order valence-corrected chi connectivity index (χ3v) is 5.37. The Morgan fingerprint density at radius 1 is 1.42 bits per heavy atom. The highest BCUT2D eigenvalue weighted by Crippen LogP contribution is 2.34. The van der Waals surface area contributed by atoms with Crippen LogP contribution in [0.2, 0.25) is 0 Å². The standard InChI is InChI=1S/C14H17NOS3/c1-3-4-5-7-15-13(16)12(19-14(15)17)9-11-10(2)6-8-18-11/h6,8-9H,3-5,7H2,1-2H3/b12-9-. The normalized spacial score (nSPS) is 17.8. The zero-order valence-corrected chi connectivity index (χ0v) is 13.6. The molecule has 5 heteroatoms. The third kappa shape index (κ3) is 3.46. The van der Waals surface area contributed by atoms with Gasteiger partial charge in [0.15, 0.2) is 0 Å². The van der Waals surface area contributed by atoms with E-state index >= 15 is 0 Å². The molecule has 1 aromatic heterocycles. The van der Waals surface area contributed by atoms with Gasteiger partial charge < -0.3 is 0 Å². The van der Waals surface area contributed by atoms with E-state index < -0.39 is 0 Å². The summed E-state index contributed by atoms with van der Waals surface area (Å²) in [4.78, 5) is 15.9. The molecule has 2 rings (SSSR count). The molecule has 1 aromatic rings. The maximum Gasteiger partial charge on any atom is 0.266 e. The largest absolute Gasteiger partial charge is 0.293 e. The van der Waals surface area contributed by atoms with E-state index in [1.165, 1.54) is 17.3 Å². The average molecular weight is 311 g/mol. The minimum absolute atomic E-state index is 0.0684. The Hall–Kier alpha value is -0.650. The molecule has 0 spiro atoms. The van der Waals surface area contributed by atoms with Crippen molar-refractivity contribution in [1.82, 2.24) is 4.90 Å². The summed E-state index contributed by atoms with van der Waals surface area (Å²) in [6.45, 7) is 4.97. The highest BCUT2D eigenvalue weighted by atomic mass is 32.2.